The number of aromatic nitrogens is 1. The minimum absolute atomic E-state index is 0.0826. The van der Waals surface area contributed by atoms with Crippen LogP contribution in [0.1, 0.15) is 38.1 Å². The molecule has 24 heavy (non-hydrogen) atoms. The monoisotopic (exact) mass is 327 g/mol. The Balaban J connectivity index is 2.14. The van der Waals surface area contributed by atoms with E-state index in [4.69, 9.17) is 4.74 Å². The van der Waals surface area contributed by atoms with Crippen LogP contribution in [0, 0.1) is 5.92 Å². The highest BCUT2D eigenvalue weighted by Gasteiger charge is 2.09. The van der Waals surface area contributed by atoms with Crippen molar-refractivity contribution in [1.82, 2.24) is 10.3 Å². The van der Waals surface area contributed by atoms with Crippen molar-refractivity contribution in [3.05, 3.63) is 48.3 Å². The zero-order valence-electron chi connectivity index (χ0n) is 14.7. The molecule has 0 unspecified atom stereocenters. The van der Waals surface area contributed by atoms with Crippen LogP contribution in [0.4, 0.5) is 11.4 Å². The summed E-state index contributed by atoms with van der Waals surface area (Å²) in [5.41, 5.74) is 2.11. The summed E-state index contributed by atoms with van der Waals surface area (Å²) in [7, 11) is 0. The van der Waals surface area contributed by atoms with Crippen molar-refractivity contribution in [3.8, 4) is 5.75 Å². The molecule has 1 amide bonds. The van der Waals surface area contributed by atoms with E-state index >= 15 is 0 Å². The van der Waals surface area contributed by atoms with Gasteiger partial charge in [0, 0.05) is 12.7 Å². The summed E-state index contributed by atoms with van der Waals surface area (Å²) in [6, 6.07) is 9.49. The Morgan fingerprint density at radius 2 is 1.92 bits per heavy atom. The maximum atomic E-state index is 12.2. The Bertz CT molecular complexity index is 684. The van der Waals surface area contributed by atoms with Gasteiger partial charge in [-0.15, -0.1) is 0 Å². The number of carbonyl (C=O) groups is 1. The summed E-state index contributed by atoms with van der Waals surface area (Å²) < 4.78 is 5.80. The molecule has 5 heteroatoms. The lowest BCUT2D eigenvalue weighted by molar-refractivity contribution is 0.0948. The van der Waals surface area contributed by atoms with E-state index < -0.39 is 0 Å². The normalized spacial score (nSPS) is 10.8. The molecule has 5 nitrogen and oxygen atoms in total. The van der Waals surface area contributed by atoms with Crippen molar-refractivity contribution in [2.75, 3.05) is 11.9 Å². The lowest BCUT2D eigenvalue weighted by Crippen LogP contribution is -2.27. The number of amides is 1. The van der Waals surface area contributed by atoms with Crippen LogP contribution >= 0.6 is 0 Å². The number of pyridine rings is 1. The average molecular weight is 327 g/mol. The minimum Gasteiger partial charge on any atom is -0.489 e. The van der Waals surface area contributed by atoms with Gasteiger partial charge in [0.2, 0.25) is 0 Å². The highest BCUT2D eigenvalue weighted by Crippen LogP contribution is 2.28. The molecule has 0 saturated heterocycles. The highest BCUT2D eigenvalue weighted by atomic mass is 16.5. The third-order valence-electron chi connectivity index (χ3n) is 3.20. The predicted octanol–water partition coefficient (Wildman–Crippen LogP) is 4.00. The Labute approximate surface area is 143 Å². The second kappa shape index (κ2) is 8.34. The molecule has 0 aliphatic carbocycles. The molecule has 2 aromatic rings. The van der Waals surface area contributed by atoms with Crippen LogP contribution in [0.2, 0.25) is 0 Å². The fraction of sp³-hybridized carbons (Fsp3) is 0.368. The number of carbonyl (C=O) groups excluding carboxylic acids is 1. The number of nitrogens with one attached hydrogen (secondary N) is 2. The van der Waals surface area contributed by atoms with Gasteiger partial charge in [0.15, 0.2) is 0 Å². The molecule has 2 rings (SSSR count). The number of ether oxygens (including phenoxy) is 1. The number of hydrogen-bond donors (Lipinski definition) is 2. The van der Waals surface area contributed by atoms with Crippen LogP contribution in [-0.2, 0) is 0 Å². The Morgan fingerprint density at radius 3 is 2.62 bits per heavy atom. The Kier molecular flexibility index (Phi) is 6.18. The molecule has 0 radical (unpaired) electrons. The molecular weight excluding hydrogens is 302 g/mol. The largest absolute Gasteiger partial charge is 0.489 e. The molecule has 1 heterocycles. The number of anilines is 2. The third kappa shape index (κ3) is 5.26. The van der Waals surface area contributed by atoms with Gasteiger partial charge in [-0.2, -0.15) is 0 Å². The van der Waals surface area contributed by atoms with E-state index in [0.717, 1.165) is 17.1 Å². The smallest absolute Gasteiger partial charge is 0.252 e. The maximum absolute atomic E-state index is 12.2. The zero-order valence-corrected chi connectivity index (χ0v) is 14.7. The molecule has 0 atom stereocenters. The van der Waals surface area contributed by atoms with Crippen LogP contribution in [0.15, 0.2) is 42.7 Å². The number of benzene rings is 1. The van der Waals surface area contributed by atoms with Crippen molar-refractivity contribution in [3.63, 3.8) is 0 Å². The van der Waals surface area contributed by atoms with Gasteiger partial charge < -0.3 is 15.4 Å². The average Bonchev–Trinajstić information content (AvgIpc) is 2.54. The molecule has 0 bridgehead atoms. The number of nitrogens with zero attached hydrogens (tertiary/aromatic N) is 1. The quantitative estimate of drug-likeness (QED) is 0.807. The summed E-state index contributed by atoms with van der Waals surface area (Å²) in [4.78, 5) is 16.3. The summed E-state index contributed by atoms with van der Waals surface area (Å²) in [6.07, 6.45) is 3.34. The highest BCUT2D eigenvalue weighted by molar-refractivity contribution is 5.94. The summed E-state index contributed by atoms with van der Waals surface area (Å²) in [5.74, 6) is 1.05. The van der Waals surface area contributed by atoms with E-state index in [0.29, 0.717) is 18.0 Å². The first-order valence-electron chi connectivity index (χ1n) is 8.21. The maximum Gasteiger partial charge on any atom is 0.252 e. The first kappa shape index (κ1) is 17.8. The predicted molar refractivity (Wildman–Crippen MR) is 96.9 cm³/mol. The Hall–Kier alpha value is -2.56. The molecule has 0 spiro atoms. The van der Waals surface area contributed by atoms with Crippen molar-refractivity contribution < 1.29 is 9.53 Å². The molecule has 2 N–H and O–H groups in total. The summed E-state index contributed by atoms with van der Waals surface area (Å²) >= 11 is 0. The second-order valence-electron chi connectivity index (χ2n) is 6.35. The minimum atomic E-state index is -0.119. The molecule has 1 aromatic heterocycles. The molecule has 1 aromatic carbocycles. The Morgan fingerprint density at radius 1 is 1.17 bits per heavy atom. The van der Waals surface area contributed by atoms with Crippen LogP contribution in [0.25, 0.3) is 0 Å². The van der Waals surface area contributed by atoms with Gasteiger partial charge >= 0.3 is 0 Å². The van der Waals surface area contributed by atoms with E-state index in [-0.39, 0.29) is 12.0 Å². The number of rotatable bonds is 7. The summed E-state index contributed by atoms with van der Waals surface area (Å²) in [5, 5.41) is 6.17. The zero-order chi connectivity index (χ0) is 17.5. The summed E-state index contributed by atoms with van der Waals surface area (Å²) in [6.45, 7) is 8.72. The molecule has 0 aliphatic heterocycles. The van der Waals surface area contributed by atoms with Crippen molar-refractivity contribution in [2.45, 2.75) is 33.8 Å². The SMILES string of the molecule is CC(C)CNC(=O)c1cncc(Nc2ccccc2OC(C)C)c1. The van der Waals surface area contributed by atoms with E-state index in [1.54, 1.807) is 18.5 Å². The fourth-order valence-electron chi connectivity index (χ4n) is 2.11. The van der Waals surface area contributed by atoms with Crippen LogP contribution in [0.5, 0.6) is 5.75 Å². The first-order chi connectivity index (χ1) is 11.5. The van der Waals surface area contributed by atoms with E-state index in [1.807, 2.05) is 38.1 Å². The van der Waals surface area contributed by atoms with Crippen molar-refractivity contribution in [1.29, 1.82) is 0 Å². The van der Waals surface area contributed by atoms with Gasteiger partial charge in [-0.05, 0) is 38.0 Å². The fourth-order valence-corrected chi connectivity index (χ4v) is 2.11. The first-order valence-corrected chi connectivity index (χ1v) is 8.21. The third-order valence-corrected chi connectivity index (χ3v) is 3.20. The van der Waals surface area contributed by atoms with Crippen molar-refractivity contribution >= 4 is 17.3 Å². The van der Waals surface area contributed by atoms with Crippen molar-refractivity contribution in [2.24, 2.45) is 5.92 Å². The van der Waals surface area contributed by atoms with Gasteiger partial charge in [-0.25, -0.2) is 0 Å². The molecule has 0 aliphatic rings. The number of hydrogen-bond acceptors (Lipinski definition) is 4. The lowest BCUT2D eigenvalue weighted by atomic mass is 10.2. The van der Waals surface area contributed by atoms with Gasteiger partial charge in [0.05, 0.1) is 29.2 Å². The molecule has 128 valence electrons. The van der Waals surface area contributed by atoms with Gasteiger partial charge in [0.1, 0.15) is 5.75 Å². The standard InChI is InChI=1S/C19H25N3O2/c1-13(2)10-21-19(23)15-9-16(12-20-11-15)22-17-7-5-6-8-18(17)24-14(3)4/h5-9,11-14,22H,10H2,1-4H3,(H,21,23). The second-order valence-corrected chi connectivity index (χ2v) is 6.35. The van der Waals surface area contributed by atoms with Gasteiger partial charge in [-0.3, -0.25) is 9.78 Å². The number of para-hydroxylation sites is 2. The molecular formula is C19H25N3O2. The molecule has 0 saturated carbocycles. The molecule has 0 fully saturated rings. The topological polar surface area (TPSA) is 63.2 Å². The van der Waals surface area contributed by atoms with Crippen LogP contribution in [0.3, 0.4) is 0 Å². The van der Waals surface area contributed by atoms with Gasteiger partial charge in [0.25, 0.3) is 5.91 Å². The van der Waals surface area contributed by atoms with Crippen LogP contribution in [-0.4, -0.2) is 23.5 Å². The van der Waals surface area contributed by atoms with Gasteiger partial charge in [-0.1, -0.05) is 26.0 Å². The van der Waals surface area contributed by atoms with E-state index in [9.17, 15) is 4.79 Å². The van der Waals surface area contributed by atoms with E-state index in [1.165, 1.54) is 0 Å². The van der Waals surface area contributed by atoms with E-state index in [2.05, 4.69) is 29.5 Å². The van der Waals surface area contributed by atoms with Crippen LogP contribution < -0.4 is 15.4 Å². The lowest BCUT2D eigenvalue weighted by Gasteiger charge is -2.15.